The van der Waals surface area contributed by atoms with Gasteiger partial charge >= 0.3 is 0 Å². The van der Waals surface area contributed by atoms with E-state index in [-0.39, 0.29) is 0 Å². The molecule has 1 aliphatic carbocycles. The molecule has 1 saturated carbocycles. The van der Waals surface area contributed by atoms with Crippen molar-refractivity contribution in [1.82, 2.24) is 0 Å². The molecule has 0 heterocycles. The monoisotopic (exact) mass is 206 g/mol. The molecule has 0 heteroatoms. The fraction of sp³-hybridized carbons (Fsp3) is 0.733. The summed E-state index contributed by atoms with van der Waals surface area (Å²) in [4.78, 5) is 0. The Morgan fingerprint density at radius 2 is 1.93 bits per heavy atom. The van der Waals surface area contributed by atoms with Crippen LogP contribution in [0.2, 0.25) is 0 Å². The van der Waals surface area contributed by atoms with Gasteiger partial charge in [-0.15, -0.1) is 0 Å². The van der Waals surface area contributed by atoms with Crippen molar-refractivity contribution >= 4 is 0 Å². The number of hydrogen-bond acceptors (Lipinski definition) is 0. The molecule has 0 aromatic heterocycles. The van der Waals surface area contributed by atoms with E-state index in [2.05, 4.69) is 34.3 Å². The molecular weight excluding hydrogens is 180 g/mol. The van der Waals surface area contributed by atoms with Gasteiger partial charge in [0.25, 0.3) is 0 Å². The van der Waals surface area contributed by atoms with Crippen molar-refractivity contribution in [1.29, 1.82) is 0 Å². The minimum absolute atomic E-state index is 0.697. The lowest BCUT2D eigenvalue weighted by Crippen LogP contribution is -2.00. The summed E-state index contributed by atoms with van der Waals surface area (Å²) in [6.07, 6.45) is 6.60. The fourth-order valence-electron chi connectivity index (χ4n) is 2.22. The molecule has 15 heavy (non-hydrogen) atoms. The van der Waals surface area contributed by atoms with Gasteiger partial charge in [-0.3, -0.25) is 0 Å². The SMILES string of the molecule is C=C(CC)C(C)CCC(=C(C)C)C1CC1. The molecule has 0 aromatic rings. The molecule has 0 radical (unpaired) electrons. The first kappa shape index (κ1) is 12.5. The second kappa shape index (κ2) is 5.53. The molecule has 86 valence electrons. The van der Waals surface area contributed by atoms with Crippen LogP contribution >= 0.6 is 0 Å². The maximum atomic E-state index is 4.14. The lowest BCUT2D eigenvalue weighted by molar-refractivity contribution is 0.584. The van der Waals surface area contributed by atoms with Gasteiger partial charge in [0.2, 0.25) is 0 Å². The first-order chi connectivity index (χ1) is 7.06. The van der Waals surface area contributed by atoms with Crippen LogP contribution in [-0.2, 0) is 0 Å². The van der Waals surface area contributed by atoms with Crippen LogP contribution in [0.5, 0.6) is 0 Å². The molecule has 1 atom stereocenters. The Morgan fingerprint density at radius 1 is 1.33 bits per heavy atom. The summed E-state index contributed by atoms with van der Waals surface area (Å²) in [5, 5.41) is 0. The zero-order chi connectivity index (χ0) is 11.4. The van der Waals surface area contributed by atoms with Crippen LogP contribution in [-0.4, -0.2) is 0 Å². The first-order valence-electron chi connectivity index (χ1n) is 6.40. The zero-order valence-corrected chi connectivity index (χ0v) is 10.9. The topological polar surface area (TPSA) is 0 Å². The highest BCUT2D eigenvalue weighted by atomic mass is 14.3. The summed E-state index contributed by atoms with van der Waals surface area (Å²) < 4.78 is 0. The molecule has 0 amide bonds. The average molecular weight is 206 g/mol. The molecule has 0 bridgehead atoms. The van der Waals surface area contributed by atoms with E-state index in [4.69, 9.17) is 0 Å². The first-order valence-corrected chi connectivity index (χ1v) is 6.40. The largest absolute Gasteiger partial charge is 0.0996 e. The Balaban J connectivity index is 2.41. The van der Waals surface area contributed by atoms with E-state index in [0.717, 1.165) is 12.3 Å². The Morgan fingerprint density at radius 3 is 2.33 bits per heavy atom. The van der Waals surface area contributed by atoms with E-state index < -0.39 is 0 Å². The van der Waals surface area contributed by atoms with Crippen LogP contribution < -0.4 is 0 Å². The van der Waals surface area contributed by atoms with Crippen molar-refractivity contribution in [3.8, 4) is 0 Å². The van der Waals surface area contributed by atoms with Gasteiger partial charge in [-0.2, -0.15) is 0 Å². The van der Waals surface area contributed by atoms with Crippen molar-refractivity contribution in [2.24, 2.45) is 11.8 Å². The molecular formula is C15H26. The number of rotatable bonds is 6. The zero-order valence-electron chi connectivity index (χ0n) is 10.9. The van der Waals surface area contributed by atoms with E-state index in [1.54, 1.807) is 11.1 Å². The maximum Gasteiger partial charge on any atom is -0.0200 e. The minimum atomic E-state index is 0.697. The average Bonchev–Trinajstić information content (AvgIpc) is 3.00. The predicted octanol–water partition coefficient (Wildman–Crippen LogP) is 5.12. The second-order valence-corrected chi connectivity index (χ2v) is 5.25. The lowest BCUT2D eigenvalue weighted by atomic mass is 9.91. The summed E-state index contributed by atoms with van der Waals surface area (Å²) in [6.45, 7) is 13.2. The molecule has 0 saturated heterocycles. The third-order valence-electron chi connectivity index (χ3n) is 3.71. The molecule has 0 spiro atoms. The minimum Gasteiger partial charge on any atom is -0.0996 e. The molecule has 1 unspecified atom stereocenters. The lowest BCUT2D eigenvalue weighted by Gasteiger charge is -2.15. The molecule has 0 nitrogen and oxygen atoms in total. The molecule has 1 aliphatic rings. The van der Waals surface area contributed by atoms with Crippen LogP contribution in [0.3, 0.4) is 0 Å². The summed E-state index contributed by atoms with van der Waals surface area (Å²) in [5.74, 6) is 1.64. The molecule has 0 aromatic carbocycles. The fourth-order valence-corrected chi connectivity index (χ4v) is 2.22. The van der Waals surface area contributed by atoms with Crippen LogP contribution in [0.1, 0.15) is 59.8 Å². The Kier molecular flexibility index (Phi) is 4.63. The predicted molar refractivity (Wildman–Crippen MR) is 68.9 cm³/mol. The van der Waals surface area contributed by atoms with Crippen LogP contribution in [0.4, 0.5) is 0 Å². The number of allylic oxidation sites excluding steroid dienone is 3. The highest BCUT2D eigenvalue weighted by Crippen LogP contribution is 2.41. The van der Waals surface area contributed by atoms with Gasteiger partial charge < -0.3 is 0 Å². The van der Waals surface area contributed by atoms with E-state index in [0.29, 0.717) is 5.92 Å². The van der Waals surface area contributed by atoms with Crippen molar-refractivity contribution in [3.63, 3.8) is 0 Å². The summed E-state index contributed by atoms with van der Waals surface area (Å²) in [6, 6.07) is 0. The smallest absolute Gasteiger partial charge is 0.0200 e. The van der Waals surface area contributed by atoms with E-state index in [1.165, 1.54) is 31.3 Å². The normalized spacial score (nSPS) is 17.3. The van der Waals surface area contributed by atoms with Crippen LogP contribution in [0, 0.1) is 11.8 Å². The third-order valence-corrected chi connectivity index (χ3v) is 3.71. The molecule has 0 aliphatic heterocycles. The van der Waals surface area contributed by atoms with E-state index in [1.807, 2.05) is 0 Å². The molecule has 1 fully saturated rings. The Hall–Kier alpha value is -0.520. The molecule has 1 rings (SSSR count). The quantitative estimate of drug-likeness (QED) is 0.529. The maximum absolute atomic E-state index is 4.14. The summed E-state index contributed by atoms with van der Waals surface area (Å²) in [5.41, 5.74) is 4.72. The third kappa shape index (κ3) is 3.85. The van der Waals surface area contributed by atoms with Gasteiger partial charge in [0.05, 0.1) is 0 Å². The van der Waals surface area contributed by atoms with E-state index >= 15 is 0 Å². The van der Waals surface area contributed by atoms with E-state index in [9.17, 15) is 0 Å². The second-order valence-electron chi connectivity index (χ2n) is 5.25. The highest BCUT2D eigenvalue weighted by molar-refractivity contribution is 5.18. The van der Waals surface area contributed by atoms with Crippen molar-refractivity contribution < 1.29 is 0 Å². The summed E-state index contributed by atoms with van der Waals surface area (Å²) in [7, 11) is 0. The van der Waals surface area contributed by atoms with Crippen LogP contribution in [0.25, 0.3) is 0 Å². The van der Waals surface area contributed by atoms with Gasteiger partial charge in [0, 0.05) is 0 Å². The van der Waals surface area contributed by atoms with Gasteiger partial charge in [0.15, 0.2) is 0 Å². The molecule has 0 N–H and O–H groups in total. The van der Waals surface area contributed by atoms with Crippen molar-refractivity contribution in [2.75, 3.05) is 0 Å². The van der Waals surface area contributed by atoms with Gasteiger partial charge in [-0.05, 0) is 57.8 Å². The highest BCUT2D eigenvalue weighted by Gasteiger charge is 2.26. The van der Waals surface area contributed by atoms with Crippen molar-refractivity contribution in [3.05, 3.63) is 23.3 Å². The standard InChI is InChI=1S/C15H26/c1-6-12(4)13(5)7-10-15(11(2)3)14-8-9-14/h13-14H,4,6-10H2,1-3,5H3. The Bertz CT molecular complexity index is 249. The van der Waals surface area contributed by atoms with Gasteiger partial charge in [-0.25, -0.2) is 0 Å². The van der Waals surface area contributed by atoms with Gasteiger partial charge in [-0.1, -0.05) is 37.1 Å². The van der Waals surface area contributed by atoms with Crippen molar-refractivity contribution in [2.45, 2.75) is 59.8 Å². The Labute approximate surface area is 95.5 Å². The van der Waals surface area contributed by atoms with Crippen LogP contribution in [0.15, 0.2) is 23.3 Å². The van der Waals surface area contributed by atoms with Gasteiger partial charge in [0.1, 0.15) is 0 Å². The number of hydrogen-bond donors (Lipinski definition) is 0. The summed E-state index contributed by atoms with van der Waals surface area (Å²) >= 11 is 0.